The van der Waals surface area contributed by atoms with Gasteiger partial charge in [0.05, 0.1) is 6.54 Å². The van der Waals surface area contributed by atoms with Gasteiger partial charge in [-0.05, 0) is 37.9 Å². The first-order valence-corrected chi connectivity index (χ1v) is 9.88. The van der Waals surface area contributed by atoms with E-state index in [2.05, 4.69) is 17.1 Å². The van der Waals surface area contributed by atoms with Crippen LogP contribution < -0.4 is 5.32 Å². The molecule has 0 atom stereocenters. The number of nitrogens with one attached hydrogen (secondary N) is 1. The molecule has 1 saturated heterocycles. The summed E-state index contributed by atoms with van der Waals surface area (Å²) in [6.45, 7) is 5.66. The van der Waals surface area contributed by atoms with Gasteiger partial charge in [-0.15, -0.1) is 0 Å². The van der Waals surface area contributed by atoms with Crippen LogP contribution in [0.1, 0.15) is 44.6 Å². The van der Waals surface area contributed by atoms with Gasteiger partial charge in [-0.25, -0.2) is 0 Å². The molecular weight excluding hydrogens is 326 g/mol. The van der Waals surface area contributed by atoms with Gasteiger partial charge in [-0.1, -0.05) is 50.1 Å². The summed E-state index contributed by atoms with van der Waals surface area (Å²) < 4.78 is 0. The van der Waals surface area contributed by atoms with Crippen molar-refractivity contribution in [3.8, 4) is 0 Å². The number of nitrogens with zero attached hydrogens (tertiary/aromatic N) is 2. The maximum atomic E-state index is 12.4. The highest BCUT2D eigenvalue weighted by Gasteiger charge is 2.26. The molecule has 1 fully saturated rings. The van der Waals surface area contributed by atoms with Gasteiger partial charge >= 0.3 is 0 Å². The number of rotatable bonds is 9. The molecule has 2 rings (SSSR count). The summed E-state index contributed by atoms with van der Waals surface area (Å²) in [5, 5.41) is 3.06. The molecule has 1 aliphatic heterocycles. The zero-order chi connectivity index (χ0) is 18.8. The molecule has 2 amide bonds. The van der Waals surface area contributed by atoms with E-state index in [9.17, 15) is 9.59 Å². The van der Waals surface area contributed by atoms with Crippen LogP contribution in [0.3, 0.4) is 0 Å². The van der Waals surface area contributed by atoms with E-state index in [0.29, 0.717) is 13.1 Å². The van der Waals surface area contributed by atoms with Crippen LogP contribution >= 0.6 is 0 Å². The highest BCUT2D eigenvalue weighted by atomic mass is 16.2. The number of hydrogen-bond donors (Lipinski definition) is 1. The number of unbranched alkanes of at least 4 members (excludes halogenated alkanes) is 2. The summed E-state index contributed by atoms with van der Waals surface area (Å²) in [6, 6.07) is 10.0. The van der Waals surface area contributed by atoms with Crippen molar-refractivity contribution in [1.82, 2.24) is 15.1 Å². The molecule has 0 aliphatic carbocycles. The molecule has 0 aromatic heterocycles. The molecule has 1 aliphatic rings. The molecule has 0 saturated carbocycles. The summed E-state index contributed by atoms with van der Waals surface area (Å²) in [4.78, 5) is 28.6. The van der Waals surface area contributed by atoms with Crippen LogP contribution in [0.4, 0.5) is 0 Å². The van der Waals surface area contributed by atoms with Gasteiger partial charge in [-0.2, -0.15) is 0 Å². The zero-order valence-electron chi connectivity index (χ0n) is 16.2. The minimum atomic E-state index is 0.102. The van der Waals surface area contributed by atoms with Crippen LogP contribution in [-0.2, 0) is 16.1 Å². The third kappa shape index (κ3) is 6.79. The van der Waals surface area contributed by atoms with Crippen LogP contribution in [0, 0.1) is 5.92 Å². The maximum absolute atomic E-state index is 12.4. The topological polar surface area (TPSA) is 52.7 Å². The van der Waals surface area contributed by atoms with E-state index in [4.69, 9.17) is 0 Å². The lowest BCUT2D eigenvalue weighted by Crippen LogP contribution is -2.44. The summed E-state index contributed by atoms with van der Waals surface area (Å²) in [6.07, 6.45) is 5.08. The van der Waals surface area contributed by atoms with E-state index in [1.54, 1.807) is 4.90 Å². The minimum absolute atomic E-state index is 0.102. The van der Waals surface area contributed by atoms with Crippen molar-refractivity contribution in [1.29, 1.82) is 0 Å². The van der Waals surface area contributed by atoms with Gasteiger partial charge in [0.1, 0.15) is 0 Å². The Morgan fingerprint density at radius 2 is 1.85 bits per heavy atom. The lowest BCUT2D eigenvalue weighted by molar-refractivity contribution is -0.132. The lowest BCUT2D eigenvalue weighted by atomic mass is 9.96. The van der Waals surface area contributed by atoms with Crippen molar-refractivity contribution in [2.24, 2.45) is 5.92 Å². The third-order valence-corrected chi connectivity index (χ3v) is 5.09. The molecule has 1 N–H and O–H groups in total. The van der Waals surface area contributed by atoms with Crippen molar-refractivity contribution in [2.45, 2.75) is 45.6 Å². The first-order valence-electron chi connectivity index (χ1n) is 9.88. The summed E-state index contributed by atoms with van der Waals surface area (Å²) in [5.74, 6) is 0.426. The Labute approximate surface area is 157 Å². The molecule has 1 heterocycles. The van der Waals surface area contributed by atoms with Crippen molar-refractivity contribution >= 4 is 11.8 Å². The van der Waals surface area contributed by atoms with E-state index < -0.39 is 0 Å². The highest BCUT2D eigenvalue weighted by molar-refractivity contribution is 5.79. The first-order chi connectivity index (χ1) is 12.6. The van der Waals surface area contributed by atoms with Gasteiger partial charge in [0.15, 0.2) is 0 Å². The van der Waals surface area contributed by atoms with Gasteiger partial charge in [-0.3, -0.25) is 14.5 Å². The smallest absolute Gasteiger partial charge is 0.236 e. The molecule has 5 nitrogen and oxygen atoms in total. The molecule has 1 aromatic carbocycles. The van der Waals surface area contributed by atoms with Crippen LogP contribution in [0.15, 0.2) is 30.3 Å². The maximum Gasteiger partial charge on any atom is 0.236 e. The van der Waals surface area contributed by atoms with Crippen LogP contribution in [0.2, 0.25) is 0 Å². The number of carbonyl (C=O) groups is 2. The molecule has 26 heavy (non-hydrogen) atoms. The normalized spacial score (nSPS) is 15.6. The highest BCUT2D eigenvalue weighted by Crippen LogP contribution is 2.17. The number of carbonyl (C=O) groups excluding carboxylic acids is 2. The Hall–Kier alpha value is -1.88. The predicted octanol–water partition coefficient (Wildman–Crippen LogP) is 2.66. The second kappa shape index (κ2) is 11.0. The molecule has 144 valence electrons. The SMILES string of the molecule is CCCCCNC(=O)C1CCN(CC(=O)N(C)Cc2ccccc2)CC1. The van der Waals surface area contributed by atoms with Gasteiger partial charge in [0.25, 0.3) is 0 Å². The second-order valence-electron chi connectivity index (χ2n) is 7.28. The van der Waals surface area contributed by atoms with Crippen molar-refractivity contribution in [3.05, 3.63) is 35.9 Å². The third-order valence-electron chi connectivity index (χ3n) is 5.09. The Morgan fingerprint density at radius 3 is 2.50 bits per heavy atom. The second-order valence-corrected chi connectivity index (χ2v) is 7.28. The number of amides is 2. The standard InChI is InChI=1S/C21H33N3O2/c1-3-4-8-13-22-21(26)19-11-14-24(15-12-19)17-20(25)23(2)16-18-9-6-5-7-10-18/h5-7,9-10,19H,3-4,8,11-17H2,1-2H3,(H,22,26). The molecule has 0 unspecified atom stereocenters. The van der Waals surface area contributed by atoms with Gasteiger partial charge in [0.2, 0.25) is 11.8 Å². The van der Waals surface area contributed by atoms with Crippen molar-refractivity contribution < 1.29 is 9.59 Å². The molecule has 0 radical (unpaired) electrons. The van der Waals surface area contributed by atoms with Crippen LogP contribution in [0.25, 0.3) is 0 Å². The number of hydrogen-bond acceptors (Lipinski definition) is 3. The van der Waals surface area contributed by atoms with Crippen LogP contribution in [0.5, 0.6) is 0 Å². The van der Waals surface area contributed by atoms with E-state index in [1.807, 2.05) is 37.4 Å². The Balaban J connectivity index is 1.67. The van der Waals surface area contributed by atoms with E-state index in [1.165, 1.54) is 6.42 Å². The fourth-order valence-electron chi connectivity index (χ4n) is 3.34. The average molecular weight is 360 g/mol. The van der Waals surface area contributed by atoms with Crippen molar-refractivity contribution in [3.63, 3.8) is 0 Å². The number of likely N-dealkylation sites (tertiary alicyclic amines) is 1. The Bertz CT molecular complexity index is 554. The fraction of sp³-hybridized carbons (Fsp3) is 0.619. The van der Waals surface area contributed by atoms with Crippen LogP contribution in [-0.4, -0.2) is 54.8 Å². The molecule has 5 heteroatoms. The summed E-state index contributed by atoms with van der Waals surface area (Å²) in [5.41, 5.74) is 1.14. The van der Waals surface area contributed by atoms with Gasteiger partial charge < -0.3 is 10.2 Å². The lowest BCUT2D eigenvalue weighted by Gasteiger charge is -2.32. The summed E-state index contributed by atoms with van der Waals surface area (Å²) in [7, 11) is 1.85. The Morgan fingerprint density at radius 1 is 1.15 bits per heavy atom. The number of likely N-dealkylation sites (N-methyl/N-ethyl adjacent to an activating group) is 1. The molecule has 1 aromatic rings. The first kappa shape index (κ1) is 20.4. The molecule has 0 spiro atoms. The van der Waals surface area contributed by atoms with E-state index in [-0.39, 0.29) is 17.7 Å². The van der Waals surface area contributed by atoms with Crippen molar-refractivity contribution in [2.75, 3.05) is 33.2 Å². The van der Waals surface area contributed by atoms with E-state index in [0.717, 1.165) is 50.9 Å². The average Bonchev–Trinajstić information content (AvgIpc) is 2.66. The number of benzene rings is 1. The predicted molar refractivity (Wildman–Crippen MR) is 105 cm³/mol. The minimum Gasteiger partial charge on any atom is -0.356 e. The zero-order valence-corrected chi connectivity index (χ0v) is 16.2. The number of piperidine rings is 1. The fourth-order valence-corrected chi connectivity index (χ4v) is 3.34. The monoisotopic (exact) mass is 359 g/mol. The quantitative estimate of drug-likeness (QED) is 0.690. The molecule has 0 bridgehead atoms. The van der Waals surface area contributed by atoms with Gasteiger partial charge in [0, 0.05) is 26.1 Å². The van der Waals surface area contributed by atoms with E-state index >= 15 is 0 Å². The molecular formula is C21H33N3O2. The largest absolute Gasteiger partial charge is 0.356 e. The Kier molecular flexibility index (Phi) is 8.62. The summed E-state index contributed by atoms with van der Waals surface area (Å²) >= 11 is 0.